The highest BCUT2D eigenvalue weighted by Crippen LogP contribution is 2.41. The lowest BCUT2D eigenvalue weighted by Crippen LogP contribution is -2.43. The molecule has 7 heteroatoms. The molecule has 0 spiro atoms. The van der Waals surface area contributed by atoms with Gasteiger partial charge in [-0.15, -0.1) is 0 Å². The molecule has 0 aliphatic heterocycles. The van der Waals surface area contributed by atoms with Crippen molar-refractivity contribution in [2.45, 2.75) is 24.6 Å². The lowest BCUT2D eigenvalue weighted by molar-refractivity contribution is 0.251. The predicted octanol–water partition coefficient (Wildman–Crippen LogP) is 3.25. The summed E-state index contributed by atoms with van der Waals surface area (Å²) < 4.78 is 33.5. The molecule has 1 aliphatic carbocycles. The number of rotatable bonds is 4. The van der Waals surface area contributed by atoms with Crippen LogP contribution in [-0.2, 0) is 21.3 Å². The zero-order chi connectivity index (χ0) is 17.5. The second kappa shape index (κ2) is 6.06. The van der Waals surface area contributed by atoms with E-state index in [0.717, 1.165) is 5.39 Å². The lowest BCUT2D eigenvalue weighted by Gasteiger charge is -2.33. The highest BCUT2D eigenvalue weighted by molar-refractivity contribution is 9.11. The van der Waals surface area contributed by atoms with Crippen molar-refractivity contribution in [1.29, 1.82) is 0 Å². The fourth-order valence-corrected chi connectivity index (χ4v) is 6.07. The molecule has 2 N–H and O–H groups in total. The van der Waals surface area contributed by atoms with E-state index in [0.29, 0.717) is 27.9 Å². The quantitative estimate of drug-likeness (QED) is 0.838. The Labute approximate surface area is 150 Å². The van der Waals surface area contributed by atoms with Crippen LogP contribution in [0.4, 0.5) is 0 Å². The summed E-state index contributed by atoms with van der Waals surface area (Å²) in [5, 5.41) is 0.846. The van der Waals surface area contributed by atoms with Gasteiger partial charge >= 0.3 is 0 Å². The molecule has 1 aliphatic rings. The second-order valence-corrected chi connectivity index (χ2v) is 8.96. The molecule has 1 atom stereocenters. The summed E-state index contributed by atoms with van der Waals surface area (Å²) in [5.74, 6) is 0.394. The number of benzene rings is 1. The molecule has 0 saturated heterocycles. The molecule has 0 radical (unpaired) electrons. The van der Waals surface area contributed by atoms with Crippen LogP contribution in [0.5, 0.6) is 0 Å². The summed E-state index contributed by atoms with van der Waals surface area (Å²) in [6.07, 6.45) is 3.97. The molecule has 1 heterocycles. The number of nitrogens with zero attached hydrogens (tertiary/aromatic N) is 1. The first-order valence-corrected chi connectivity index (χ1v) is 9.75. The highest BCUT2D eigenvalue weighted by atomic mass is 79.9. The number of aromatic nitrogens is 1. The summed E-state index contributed by atoms with van der Waals surface area (Å²) in [4.78, 5) is 0. The number of halogens is 1. The van der Waals surface area contributed by atoms with Crippen LogP contribution in [-0.4, -0.2) is 24.2 Å². The van der Waals surface area contributed by atoms with Crippen molar-refractivity contribution in [3.8, 4) is 0 Å². The number of allylic oxidation sites excluding steroid dienone is 3. The minimum absolute atomic E-state index is 0.132. The van der Waals surface area contributed by atoms with Gasteiger partial charge in [0.05, 0.1) is 17.1 Å². The van der Waals surface area contributed by atoms with E-state index in [9.17, 15) is 8.42 Å². The third-order valence-electron chi connectivity index (χ3n) is 4.43. The first-order chi connectivity index (χ1) is 11.4. The number of para-hydroxylation sites is 1. The van der Waals surface area contributed by atoms with Crippen LogP contribution in [0, 0.1) is 0 Å². The molecule has 1 aromatic heterocycles. The van der Waals surface area contributed by atoms with Crippen LogP contribution in [0.25, 0.3) is 10.9 Å². The van der Waals surface area contributed by atoms with Crippen LogP contribution < -0.4 is 5.73 Å². The lowest BCUT2D eigenvalue weighted by atomic mass is 10.00. The average molecular weight is 411 g/mol. The number of hydrogen-bond donors (Lipinski definition) is 1. The third kappa shape index (κ3) is 2.34. The van der Waals surface area contributed by atoms with Crippen LogP contribution in [0.3, 0.4) is 0 Å². The van der Waals surface area contributed by atoms with Crippen molar-refractivity contribution >= 4 is 36.9 Å². The monoisotopic (exact) mass is 410 g/mol. The Morgan fingerprint density at radius 3 is 2.75 bits per heavy atom. The van der Waals surface area contributed by atoms with E-state index < -0.39 is 14.8 Å². The van der Waals surface area contributed by atoms with Gasteiger partial charge in [-0.3, -0.25) is 0 Å². The minimum atomic E-state index is -3.81. The number of nitrogens with two attached hydrogens (primary N) is 1. The number of ether oxygens (including phenoxy) is 1. The molecule has 2 aromatic rings. The zero-order valence-corrected chi connectivity index (χ0v) is 15.9. The van der Waals surface area contributed by atoms with E-state index in [4.69, 9.17) is 10.5 Å². The Kier molecular flexibility index (Phi) is 4.36. The summed E-state index contributed by atoms with van der Waals surface area (Å²) in [6.45, 7) is 1.81. The average Bonchev–Trinajstić information content (AvgIpc) is 2.94. The standard InChI is InChI=1S/C17H19BrN2O3S/c1-17(9-5-7-14(18)16(17)23-2)24(21,22)20-13(11-19)10-12-6-3-4-8-15(12)20/h3-8,10H,9,11,19H2,1-2H3. The third-order valence-corrected chi connectivity index (χ3v) is 7.46. The second-order valence-electron chi connectivity index (χ2n) is 5.89. The SMILES string of the molecule is COC1=C(Br)C=CCC1(C)S(=O)(=O)n1c(CN)cc2ccccc21. The maximum absolute atomic E-state index is 13.6. The smallest absolute Gasteiger partial charge is 0.252 e. The van der Waals surface area contributed by atoms with Gasteiger partial charge in [0.15, 0.2) is 4.75 Å². The largest absolute Gasteiger partial charge is 0.498 e. The topological polar surface area (TPSA) is 74.3 Å². The van der Waals surface area contributed by atoms with Gasteiger partial charge in [0, 0.05) is 17.6 Å². The fraction of sp³-hybridized carbons (Fsp3) is 0.294. The van der Waals surface area contributed by atoms with Gasteiger partial charge in [0.25, 0.3) is 10.0 Å². The van der Waals surface area contributed by atoms with Gasteiger partial charge in [0.1, 0.15) is 5.76 Å². The van der Waals surface area contributed by atoms with Gasteiger partial charge in [0.2, 0.25) is 0 Å². The van der Waals surface area contributed by atoms with E-state index in [1.165, 1.54) is 11.1 Å². The fourth-order valence-electron chi connectivity index (χ4n) is 3.16. The Balaban J connectivity index is 2.31. The molecular weight excluding hydrogens is 392 g/mol. The van der Waals surface area contributed by atoms with E-state index in [-0.39, 0.29) is 6.54 Å². The summed E-state index contributed by atoms with van der Waals surface area (Å²) in [6, 6.07) is 9.19. The van der Waals surface area contributed by atoms with E-state index in [2.05, 4.69) is 15.9 Å². The molecular formula is C17H19BrN2O3S. The first kappa shape index (κ1) is 17.3. The number of methoxy groups -OCH3 is 1. The van der Waals surface area contributed by atoms with Crippen molar-refractivity contribution in [1.82, 2.24) is 3.97 Å². The van der Waals surface area contributed by atoms with Crippen LogP contribution >= 0.6 is 15.9 Å². The molecule has 0 fully saturated rings. The van der Waals surface area contributed by atoms with Gasteiger partial charge in [-0.1, -0.05) is 24.3 Å². The van der Waals surface area contributed by atoms with Gasteiger partial charge < -0.3 is 10.5 Å². The highest BCUT2D eigenvalue weighted by Gasteiger charge is 2.47. The van der Waals surface area contributed by atoms with Crippen molar-refractivity contribution in [3.63, 3.8) is 0 Å². The normalized spacial score (nSPS) is 21.5. The van der Waals surface area contributed by atoms with Crippen molar-refractivity contribution in [2.75, 3.05) is 7.11 Å². The maximum Gasteiger partial charge on any atom is 0.252 e. The Morgan fingerprint density at radius 1 is 1.38 bits per heavy atom. The van der Waals surface area contributed by atoms with Gasteiger partial charge in [-0.25, -0.2) is 12.4 Å². The van der Waals surface area contributed by atoms with Crippen LogP contribution in [0.1, 0.15) is 19.0 Å². The molecule has 24 heavy (non-hydrogen) atoms. The van der Waals surface area contributed by atoms with Crippen molar-refractivity contribution < 1.29 is 13.2 Å². The summed E-state index contributed by atoms with van der Waals surface area (Å²) in [5.41, 5.74) is 7.01. The summed E-state index contributed by atoms with van der Waals surface area (Å²) in [7, 11) is -2.32. The van der Waals surface area contributed by atoms with Crippen molar-refractivity contribution in [3.05, 3.63) is 58.4 Å². The molecule has 0 amide bonds. The Morgan fingerprint density at radius 2 is 2.08 bits per heavy atom. The van der Waals surface area contributed by atoms with Gasteiger partial charge in [-0.2, -0.15) is 0 Å². The number of fused-ring (bicyclic) bond motifs is 1. The Hall–Kier alpha value is -1.57. The zero-order valence-electron chi connectivity index (χ0n) is 13.5. The first-order valence-electron chi connectivity index (χ1n) is 7.52. The molecule has 5 nitrogen and oxygen atoms in total. The van der Waals surface area contributed by atoms with E-state index in [1.54, 1.807) is 13.0 Å². The molecule has 1 aromatic carbocycles. The molecule has 3 rings (SSSR count). The molecule has 128 valence electrons. The maximum atomic E-state index is 13.6. The van der Waals surface area contributed by atoms with Crippen molar-refractivity contribution in [2.24, 2.45) is 5.73 Å². The molecule has 0 bridgehead atoms. The predicted molar refractivity (Wildman–Crippen MR) is 99.3 cm³/mol. The van der Waals surface area contributed by atoms with Crippen LogP contribution in [0.15, 0.2) is 52.7 Å². The van der Waals surface area contributed by atoms with E-state index >= 15 is 0 Å². The summed E-state index contributed by atoms with van der Waals surface area (Å²) >= 11 is 3.40. The van der Waals surface area contributed by atoms with Crippen LogP contribution in [0.2, 0.25) is 0 Å². The number of hydrogen-bond acceptors (Lipinski definition) is 4. The van der Waals surface area contributed by atoms with Gasteiger partial charge in [-0.05, 0) is 47.5 Å². The minimum Gasteiger partial charge on any atom is -0.498 e. The Bertz CT molecular complexity index is 959. The molecule has 0 saturated carbocycles. The van der Waals surface area contributed by atoms with E-state index in [1.807, 2.05) is 36.4 Å². The molecule has 1 unspecified atom stereocenters.